The molecule has 0 saturated carbocycles. The van der Waals surface area contributed by atoms with Crippen molar-refractivity contribution in [1.29, 1.82) is 0 Å². The number of ether oxygens (including phenoxy) is 1. The Morgan fingerprint density at radius 2 is 0.612 bits per heavy atom. The van der Waals surface area contributed by atoms with Crippen LogP contribution < -0.4 is 5.32 Å². The lowest BCUT2D eigenvalue weighted by atomic mass is 10.0. The summed E-state index contributed by atoms with van der Waals surface area (Å²) in [7, 11) is 0. The van der Waals surface area contributed by atoms with Crippen molar-refractivity contribution in [3.8, 4) is 0 Å². The standard InChI is InChI=1S/C79H149NO5/c1-3-5-7-9-11-13-15-17-18-44-48-51-55-59-63-67-71-77(82)76(75-81)80-78(83)72-68-64-60-56-52-49-45-42-40-38-36-34-32-30-28-26-24-22-20-19-21-23-25-27-29-31-33-35-37-39-41-43-46-50-54-58-62-66-70-74-85-79(84)73-69-65-61-57-53-47-16-14-12-10-8-6-4-2/h8,10,14,16,19-20,67,71,76-77,81-82H,3-7,9,11-13,15,17-18,21-66,68-70,72-75H2,1-2H3,(H,80,83)/b10-8-,16-14-,20-19-,71-67+. The maximum absolute atomic E-state index is 12.5. The molecule has 0 heterocycles. The highest BCUT2D eigenvalue weighted by atomic mass is 16.5. The van der Waals surface area contributed by atoms with E-state index in [1.165, 1.54) is 340 Å². The van der Waals surface area contributed by atoms with Gasteiger partial charge in [-0.3, -0.25) is 9.59 Å². The fraction of sp³-hybridized carbons (Fsp3) is 0.873. The monoisotopic (exact) mass is 1190 g/mol. The normalized spacial score (nSPS) is 12.8. The molecule has 0 spiro atoms. The first-order valence-electron chi connectivity index (χ1n) is 38.4. The summed E-state index contributed by atoms with van der Waals surface area (Å²) in [6, 6.07) is -0.625. The zero-order valence-electron chi connectivity index (χ0n) is 57.4. The molecule has 3 N–H and O–H groups in total. The second-order valence-electron chi connectivity index (χ2n) is 26.3. The SMILES string of the molecule is CCC/C=C\C/C=C\CCCCCCCC(=O)OCCCCCCCCCCCCCCCCCCCC/C=C\CCCCCCCCCCCCCCCCCCCC(=O)NC(CO)C(O)/C=C/CCCCCCCCCCCCCCCC. The highest BCUT2D eigenvalue weighted by molar-refractivity contribution is 5.76. The van der Waals surface area contributed by atoms with Gasteiger partial charge >= 0.3 is 5.97 Å². The Morgan fingerprint density at radius 3 is 0.953 bits per heavy atom. The number of hydrogen-bond acceptors (Lipinski definition) is 5. The fourth-order valence-electron chi connectivity index (χ4n) is 12.0. The number of aliphatic hydroxyl groups is 2. The molecule has 0 aliphatic rings. The van der Waals surface area contributed by atoms with Gasteiger partial charge in [0, 0.05) is 12.8 Å². The van der Waals surface area contributed by atoms with E-state index in [0.29, 0.717) is 19.4 Å². The van der Waals surface area contributed by atoms with Crippen LogP contribution in [0.2, 0.25) is 0 Å². The lowest BCUT2D eigenvalue weighted by Gasteiger charge is -2.20. The zero-order valence-corrected chi connectivity index (χ0v) is 57.4. The summed E-state index contributed by atoms with van der Waals surface area (Å²) >= 11 is 0. The second-order valence-corrected chi connectivity index (χ2v) is 26.3. The summed E-state index contributed by atoms with van der Waals surface area (Å²) in [5, 5.41) is 23.2. The Kier molecular flexibility index (Phi) is 72.4. The van der Waals surface area contributed by atoms with E-state index >= 15 is 0 Å². The Hall–Kier alpha value is -2.18. The van der Waals surface area contributed by atoms with E-state index in [1.54, 1.807) is 6.08 Å². The summed E-state index contributed by atoms with van der Waals surface area (Å²) in [5.41, 5.74) is 0. The van der Waals surface area contributed by atoms with Gasteiger partial charge in [-0.15, -0.1) is 0 Å². The molecule has 1 amide bonds. The van der Waals surface area contributed by atoms with Gasteiger partial charge in [-0.2, -0.15) is 0 Å². The largest absolute Gasteiger partial charge is 0.466 e. The summed E-state index contributed by atoms with van der Waals surface area (Å²) in [4.78, 5) is 24.5. The van der Waals surface area contributed by atoms with Crippen LogP contribution in [0.25, 0.3) is 0 Å². The summed E-state index contributed by atoms with van der Waals surface area (Å²) in [6.07, 6.45) is 98.1. The van der Waals surface area contributed by atoms with Crippen molar-refractivity contribution in [2.24, 2.45) is 0 Å². The molecule has 0 bridgehead atoms. The smallest absolute Gasteiger partial charge is 0.305 e. The van der Waals surface area contributed by atoms with Gasteiger partial charge in [0.1, 0.15) is 0 Å². The van der Waals surface area contributed by atoms with Crippen molar-refractivity contribution in [2.75, 3.05) is 13.2 Å². The Balaban J connectivity index is 3.34. The van der Waals surface area contributed by atoms with Crippen LogP contribution in [0.15, 0.2) is 48.6 Å². The van der Waals surface area contributed by atoms with Crippen LogP contribution in [-0.2, 0) is 14.3 Å². The van der Waals surface area contributed by atoms with Gasteiger partial charge in [-0.1, -0.05) is 371 Å². The van der Waals surface area contributed by atoms with E-state index < -0.39 is 12.1 Å². The average molecular weight is 1190 g/mol. The minimum Gasteiger partial charge on any atom is -0.466 e. The van der Waals surface area contributed by atoms with Crippen molar-refractivity contribution < 1.29 is 24.5 Å². The average Bonchev–Trinajstić information content (AvgIpc) is 3.51. The Labute approximate surface area is 531 Å². The molecule has 85 heavy (non-hydrogen) atoms. The van der Waals surface area contributed by atoms with Gasteiger partial charge in [0.15, 0.2) is 0 Å². The van der Waals surface area contributed by atoms with Crippen LogP contribution in [0.5, 0.6) is 0 Å². The lowest BCUT2D eigenvalue weighted by molar-refractivity contribution is -0.143. The first kappa shape index (κ1) is 82.8. The van der Waals surface area contributed by atoms with Crippen molar-refractivity contribution in [1.82, 2.24) is 5.32 Å². The predicted molar refractivity (Wildman–Crippen MR) is 375 cm³/mol. The molecule has 0 aromatic rings. The van der Waals surface area contributed by atoms with Crippen LogP contribution in [0.1, 0.15) is 418 Å². The third-order valence-electron chi connectivity index (χ3n) is 17.8. The number of hydrogen-bond donors (Lipinski definition) is 3. The third kappa shape index (κ3) is 70.8. The van der Waals surface area contributed by atoms with Crippen LogP contribution in [0.4, 0.5) is 0 Å². The van der Waals surface area contributed by atoms with E-state index in [1.807, 2.05) is 6.08 Å². The van der Waals surface area contributed by atoms with Crippen molar-refractivity contribution in [3.05, 3.63) is 48.6 Å². The number of aliphatic hydroxyl groups excluding tert-OH is 2. The number of nitrogens with one attached hydrogen (secondary N) is 1. The number of allylic oxidation sites excluding steroid dienone is 7. The van der Waals surface area contributed by atoms with Crippen LogP contribution >= 0.6 is 0 Å². The Morgan fingerprint density at radius 1 is 0.329 bits per heavy atom. The van der Waals surface area contributed by atoms with Crippen LogP contribution in [-0.4, -0.2) is 47.4 Å². The number of unbranched alkanes of at least 4 members (excludes halogenated alkanes) is 55. The maximum Gasteiger partial charge on any atom is 0.305 e. The molecule has 0 aliphatic heterocycles. The van der Waals surface area contributed by atoms with Crippen molar-refractivity contribution >= 4 is 11.9 Å². The third-order valence-corrected chi connectivity index (χ3v) is 17.8. The highest BCUT2D eigenvalue weighted by Crippen LogP contribution is 2.19. The van der Waals surface area contributed by atoms with Gasteiger partial charge in [0.25, 0.3) is 0 Å². The second kappa shape index (κ2) is 74.3. The van der Waals surface area contributed by atoms with E-state index in [4.69, 9.17) is 4.74 Å². The van der Waals surface area contributed by atoms with Gasteiger partial charge in [0.05, 0.1) is 25.4 Å². The molecule has 0 aromatic heterocycles. The minimum absolute atomic E-state index is 0.00701. The first-order chi connectivity index (χ1) is 42.0. The van der Waals surface area contributed by atoms with Crippen molar-refractivity contribution in [3.63, 3.8) is 0 Å². The van der Waals surface area contributed by atoms with E-state index in [0.717, 1.165) is 51.4 Å². The predicted octanol–water partition coefficient (Wildman–Crippen LogP) is 25.2. The number of carbonyl (C=O) groups is 2. The molecule has 2 unspecified atom stereocenters. The van der Waals surface area contributed by atoms with Crippen molar-refractivity contribution in [2.45, 2.75) is 431 Å². The number of esters is 1. The van der Waals surface area contributed by atoms with E-state index in [-0.39, 0.29) is 18.5 Å². The minimum atomic E-state index is -0.842. The molecule has 6 heteroatoms. The molecule has 0 aromatic carbocycles. The summed E-state index contributed by atoms with van der Waals surface area (Å²) < 4.78 is 5.48. The molecule has 0 rings (SSSR count). The molecular weight excluding hydrogens is 1040 g/mol. The van der Waals surface area contributed by atoms with Gasteiger partial charge < -0.3 is 20.3 Å². The molecular formula is C79H149NO5. The molecule has 2 atom stereocenters. The molecule has 0 radical (unpaired) electrons. The number of amides is 1. The number of rotatable bonds is 72. The van der Waals surface area contributed by atoms with Gasteiger partial charge in [0.2, 0.25) is 5.91 Å². The Bertz CT molecular complexity index is 1420. The summed E-state index contributed by atoms with van der Waals surface area (Å²) in [5.74, 6) is -0.0539. The fourth-order valence-corrected chi connectivity index (χ4v) is 12.0. The first-order valence-corrected chi connectivity index (χ1v) is 38.4. The highest BCUT2D eigenvalue weighted by Gasteiger charge is 2.18. The zero-order chi connectivity index (χ0) is 61.3. The molecule has 0 saturated heterocycles. The summed E-state index contributed by atoms with van der Waals surface area (Å²) in [6.45, 7) is 4.87. The van der Waals surface area contributed by atoms with E-state index in [2.05, 4.69) is 55.6 Å². The maximum atomic E-state index is 12.5. The van der Waals surface area contributed by atoms with Gasteiger partial charge in [-0.05, 0) is 83.5 Å². The lowest BCUT2D eigenvalue weighted by Crippen LogP contribution is -2.45. The quantitative estimate of drug-likeness (QED) is 0.0320. The molecule has 6 nitrogen and oxygen atoms in total. The van der Waals surface area contributed by atoms with Gasteiger partial charge in [-0.25, -0.2) is 0 Å². The van der Waals surface area contributed by atoms with E-state index in [9.17, 15) is 19.8 Å². The molecule has 0 aliphatic carbocycles. The topological polar surface area (TPSA) is 95.9 Å². The number of carbonyl (C=O) groups excluding carboxylic acids is 2. The molecule has 500 valence electrons. The van der Waals surface area contributed by atoms with Crippen LogP contribution in [0, 0.1) is 0 Å². The van der Waals surface area contributed by atoms with Crippen LogP contribution in [0.3, 0.4) is 0 Å². The molecule has 0 fully saturated rings.